The molecule has 2 heterocycles. The van der Waals surface area contributed by atoms with Gasteiger partial charge in [0.15, 0.2) is 6.10 Å². The number of aromatic nitrogens is 1. The van der Waals surface area contributed by atoms with Crippen LogP contribution in [0, 0.1) is 0 Å². The number of nitrogens with zero attached hydrogens (tertiary/aromatic N) is 2. The van der Waals surface area contributed by atoms with Crippen molar-refractivity contribution in [2.45, 2.75) is 31.2 Å². The number of amidine groups is 1. The lowest BCUT2D eigenvalue weighted by molar-refractivity contribution is -0.208. The first kappa shape index (κ1) is 15.2. The number of anilines is 1. The first-order valence-corrected chi connectivity index (χ1v) is 6.08. The third kappa shape index (κ3) is 2.81. The van der Waals surface area contributed by atoms with E-state index in [0.29, 0.717) is 0 Å². The molecule has 2 rings (SSSR count). The predicted molar refractivity (Wildman–Crippen MR) is 70.6 cm³/mol. The summed E-state index contributed by atoms with van der Waals surface area (Å²) in [7, 11) is 1.46. The molecule has 1 aliphatic heterocycles. The van der Waals surface area contributed by atoms with Gasteiger partial charge in [-0.05, 0) is 13.0 Å². The normalized spacial score (nSPS) is 26.1. The maximum absolute atomic E-state index is 12.9. The summed E-state index contributed by atoms with van der Waals surface area (Å²) < 4.78 is 44.4. The molecule has 0 spiro atoms. The number of rotatable bonds is 1. The lowest BCUT2D eigenvalue weighted by Gasteiger charge is -2.35. The summed E-state index contributed by atoms with van der Waals surface area (Å²) in [6, 6.07) is 0.716. The summed E-state index contributed by atoms with van der Waals surface area (Å²) >= 11 is 0. The van der Waals surface area contributed by atoms with Crippen molar-refractivity contribution in [3.05, 3.63) is 28.2 Å². The van der Waals surface area contributed by atoms with Crippen molar-refractivity contribution in [2.75, 3.05) is 5.73 Å². The van der Waals surface area contributed by atoms with E-state index in [4.69, 9.17) is 11.5 Å². The predicted octanol–water partition coefficient (Wildman–Crippen LogP) is 0.849. The summed E-state index contributed by atoms with van der Waals surface area (Å²) in [5, 5.41) is 0. The second-order valence-corrected chi connectivity index (χ2v) is 5.18. The number of nitrogen functional groups attached to an aromatic ring is 1. The van der Waals surface area contributed by atoms with Gasteiger partial charge >= 0.3 is 6.18 Å². The molecule has 0 saturated carbocycles. The van der Waals surface area contributed by atoms with Crippen LogP contribution in [0.15, 0.2) is 22.1 Å². The summed E-state index contributed by atoms with van der Waals surface area (Å²) in [6.07, 6.45) is -5.89. The van der Waals surface area contributed by atoms with Crippen LogP contribution in [0.2, 0.25) is 0 Å². The van der Waals surface area contributed by atoms with E-state index in [2.05, 4.69) is 9.73 Å². The molecule has 0 amide bonds. The standard InChI is InChI=1S/C12H15F3N4O2/c1-11(7-3-6(16)5-19(2)9(7)20)4-8(12(13,14)15)21-10(17)18-11/h3,5,8H,4,16H2,1-2H3,(H2,17,18)/t8-,11-/m0/s1. The quantitative estimate of drug-likeness (QED) is 0.804. The van der Waals surface area contributed by atoms with E-state index in [1.807, 2.05) is 0 Å². The molecule has 4 N–H and O–H groups in total. The lowest BCUT2D eigenvalue weighted by Crippen LogP contribution is -2.47. The molecule has 1 aliphatic rings. The number of pyridine rings is 1. The Bertz CT molecular complexity index is 653. The number of aryl methyl sites for hydroxylation is 1. The van der Waals surface area contributed by atoms with Crippen LogP contribution in [0.5, 0.6) is 0 Å². The third-order valence-electron chi connectivity index (χ3n) is 3.35. The average molecular weight is 304 g/mol. The van der Waals surface area contributed by atoms with Gasteiger partial charge in [0, 0.05) is 30.9 Å². The van der Waals surface area contributed by atoms with Gasteiger partial charge in [-0.2, -0.15) is 13.2 Å². The van der Waals surface area contributed by atoms with Crippen LogP contribution in [0.25, 0.3) is 0 Å². The second kappa shape index (κ2) is 4.68. The first-order valence-electron chi connectivity index (χ1n) is 6.08. The molecule has 1 aromatic rings. The minimum Gasteiger partial charge on any atom is -0.452 e. The molecule has 0 saturated heterocycles. The Labute approximate surface area is 118 Å². The third-order valence-corrected chi connectivity index (χ3v) is 3.35. The van der Waals surface area contributed by atoms with Crippen LogP contribution in [-0.2, 0) is 17.3 Å². The molecular formula is C12H15F3N4O2. The van der Waals surface area contributed by atoms with E-state index in [0.717, 1.165) is 0 Å². The highest BCUT2D eigenvalue weighted by molar-refractivity contribution is 5.73. The fourth-order valence-corrected chi connectivity index (χ4v) is 2.34. The summed E-state index contributed by atoms with van der Waals surface area (Å²) in [6.45, 7) is 1.40. The van der Waals surface area contributed by atoms with Crippen LogP contribution in [-0.4, -0.2) is 22.9 Å². The van der Waals surface area contributed by atoms with Gasteiger partial charge in [-0.1, -0.05) is 0 Å². The minimum atomic E-state index is -4.60. The zero-order valence-corrected chi connectivity index (χ0v) is 11.4. The molecule has 6 nitrogen and oxygen atoms in total. The van der Waals surface area contributed by atoms with Crippen LogP contribution < -0.4 is 17.0 Å². The van der Waals surface area contributed by atoms with Crippen LogP contribution in [0.1, 0.15) is 18.9 Å². The molecular weight excluding hydrogens is 289 g/mol. The highest BCUT2D eigenvalue weighted by Gasteiger charge is 2.50. The SMILES string of the molecule is Cn1cc(N)cc([C@]2(C)C[C@@H](C(F)(F)F)OC(N)=N2)c1=O. The van der Waals surface area contributed by atoms with Gasteiger partial charge in [0.05, 0.1) is 5.54 Å². The van der Waals surface area contributed by atoms with Gasteiger partial charge in [0.25, 0.3) is 11.6 Å². The van der Waals surface area contributed by atoms with E-state index < -0.39 is 35.8 Å². The van der Waals surface area contributed by atoms with Gasteiger partial charge in [-0.25, -0.2) is 4.99 Å². The van der Waals surface area contributed by atoms with Gasteiger partial charge in [-0.3, -0.25) is 4.79 Å². The van der Waals surface area contributed by atoms with Crippen molar-refractivity contribution in [1.82, 2.24) is 4.57 Å². The molecule has 0 radical (unpaired) electrons. The topological polar surface area (TPSA) is 95.6 Å². The largest absolute Gasteiger partial charge is 0.452 e. The Hall–Kier alpha value is -2.19. The van der Waals surface area contributed by atoms with Crippen molar-refractivity contribution in [1.29, 1.82) is 0 Å². The van der Waals surface area contributed by atoms with Crippen LogP contribution >= 0.6 is 0 Å². The monoisotopic (exact) mass is 304 g/mol. The van der Waals surface area contributed by atoms with Crippen LogP contribution in [0.3, 0.4) is 0 Å². The maximum atomic E-state index is 12.9. The van der Waals surface area contributed by atoms with Gasteiger partial charge < -0.3 is 20.8 Å². The number of hydrogen-bond donors (Lipinski definition) is 2. The van der Waals surface area contributed by atoms with E-state index in [-0.39, 0.29) is 11.3 Å². The van der Waals surface area contributed by atoms with E-state index >= 15 is 0 Å². The molecule has 0 bridgehead atoms. The first-order chi connectivity index (χ1) is 9.53. The van der Waals surface area contributed by atoms with E-state index in [1.165, 1.54) is 30.8 Å². The molecule has 0 unspecified atom stereocenters. The zero-order chi connectivity index (χ0) is 16.0. The molecule has 1 aromatic heterocycles. The number of nitrogens with two attached hydrogens (primary N) is 2. The van der Waals surface area contributed by atoms with Gasteiger partial charge in [0.2, 0.25) is 0 Å². The fourth-order valence-electron chi connectivity index (χ4n) is 2.34. The maximum Gasteiger partial charge on any atom is 0.425 e. The molecule has 2 atom stereocenters. The number of alkyl halides is 3. The summed E-state index contributed by atoms with van der Waals surface area (Å²) in [5.41, 5.74) is 9.37. The molecule has 0 aromatic carbocycles. The Morgan fingerprint density at radius 1 is 1.48 bits per heavy atom. The van der Waals surface area contributed by atoms with E-state index in [1.54, 1.807) is 0 Å². The number of ether oxygens (including phenoxy) is 1. The van der Waals surface area contributed by atoms with Gasteiger partial charge in [-0.15, -0.1) is 0 Å². The minimum absolute atomic E-state index is 0.0468. The Morgan fingerprint density at radius 3 is 2.67 bits per heavy atom. The molecule has 0 aliphatic carbocycles. The van der Waals surface area contributed by atoms with E-state index in [9.17, 15) is 18.0 Å². The fraction of sp³-hybridized carbons (Fsp3) is 0.500. The highest BCUT2D eigenvalue weighted by atomic mass is 19.4. The number of aliphatic imine (C=N–C) groups is 1. The summed E-state index contributed by atoms with van der Waals surface area (Å²) in [5.74, 6) is 0. The zero-order valence-electron chi connectivity index (χ0n) is 11.4. The van der Waals surface area contributed by atoms with Crippen molar-refractivity contribution < 1.29 is 17.9 Å². The number of hydrogen-bond acceptors (Lipinski definition) is 5. The highest BCUT2D eigenvalue weighted by Crippen LogP contribution is 2.38. The van der Waals surface area contributed by atoms with Crippen molar-refractivity contribution in [3.8, 4) is 0 Å². The van der Waals surface area contributed by atoms with Crippen molar-refractivity contribution in [2.24, 2.45) is 17.8 Å². The molecule has 21 heavy (non-hydrogen) atoms. The average Bonchev–Trinajstić information content (AvgIpc) is 2.31. The Balaban J connectivity index is 2.56. The Morgan fingerprint density at radius 2 is 2.10 bits per heavy atom. The Kier molecular flexibility index (Phi) is 3.38. The lowest BCUT2D eigenvalue weighted by atomic mass is 9.86. The van der Waals surface area contributed by atoms with Gasteiger partial charge in [0.1, 0.15) is 0 Å². The molecule has 9 heteroatoms. The van der Waals surface area contributed by atoms with Crippen LogP contribution in [0.4, 0.5) is 18.9 Å². The van der Waals surface area contributed by atoms with Crippen molar-refractivity contribution >= 4 is 11.7 Å². The summed E-state index contributed by atoms with van der Waals surface area (Å²) in [4.78, 5) is 16.1. The molecule has 0 fully saturated rings. The second-order valence-electron chi connectivity index (χ2n) is 5.18. The number of halogens is 3. The van der Waals surface area contributed by atoms with Crippen molar-refractivity contribution in [3.63, 3.8) is 0 Å². The smallest absolute Gasteiger partial charge is 0.425 e. The molecule has 116 valence electrons.